The molecule has 0 unspecified atom stereocenters. The number of fused-ring (bicyclic) bond motifs is 1. The van der Waals surface area contributed by atoms with Gasteiger partial charge in [0.05, 0.1) is 19.8 Å². The third-order valence-corrected chi connectivity index (χ3v) is 4.90. The number of amides is 1. The molecule has 2 aromatic carbocycles. The molecule has 1 heterocycles. The average molecular weight is 552 g/mol. The number of aryl methyl sites for hydroxylation is 1. The number of halogens is 1. The standard InChI is InChI=1S/C24H32N4O3.HI/c1-3-12-25-23(29)11-13-26-24(27-17-19-8-5-4-7-18(19)2)28-20-9-10-21-22(16-20)31-15-6-14-30-21;/h4-5,7-10,16H,3,6,11-15,17H2,1-2H3,(H,25,29)(H2,26,27,28);1H. The van der Waals surface area contributed by atoms with E-state index in [4.69, 9.17) is 14.5 Å². The van der Waals surface area contributed by atoms with Crippen LogP contribution in [0.5, 0.6) is 11.5 Å². The van der Waals surface area contributed by atoms with Gasteiger partial charge in [-0.05, 0) is 36.6 Å². The van der Waals surface area contributed by atoms with Crippen LogP contribution >= 0.6 is 24.0 Å². The predicted octanol–water partition coefficient (Wildman–Crippen LogP) is 4.25. The topological polar surface area (TPSA) is 84.0 Å². The molecule has 1 aliphatic rings. The summed E-state index contributed by atoms with van der Waals surface area (Å²) in [5.41, 5.74) is 3.19. The van der Waals surface area contributed by atoms with Crippen molar-refractivity contribution in [2.75, 3.05) is 31.6 Å². The predicted molar refractivity (Wildman–Crippen MR) is 139 cm³/mol. The lowest BCUT2D eigenvalue weighted by atomic mass is 10.1. The normalized spacial score (nSPS) is 12.9. The summed E-state index contributed by atoms with van der Waals surface area (Å²) in [5.74, 6) is 2.12. The molecule has 0 saturated heterocycles. The van der Waals surface area contributed by atoms with E-state index in [1.165, 1.54) is 5.56 Å². The number of rotatable bonds is 8. The van der Waals surface area contributed by atoms with Gasteiger partial charge in [-0.25, -0.2) is 4.99 Å². The third-order valence-electron chi connectivity index (χ3n) is 4.90. The smallest absolute Gasteiger partial charge is 0.221 e. The maximum atomic E-state index is 11.9. The van der Waals surface area contributed by atoms with Crippen molar-refractivity contribution >= 4 is 41.5 Å². The van der Waals surface area contributed by atoms with Crippen molar-refractivity contribution in [1.82, 2.24) is 10.6 Å². The maximum absolute atomic E-state index is 11.9. The van der Waals surface area contributed by atoms with Gasteiger partial charge in [-0.3, -0.25) is 4.79 Å². The van der Waals surface area contributed by atoms with E-state index >= 15 is 0 Å². The lowest BCUT2D eigenvalue weighted by Gasteiger charge is -2.15. The number of aliphatic imine (C=N–C) groups is 1. The van der Waals surface area contributed by atoms with Crippen LogP contribution in [0.25, 0.3) is 0 Å². The number of hydrogen-bond acceptors (Lipinski definition) is 4. The highest BCUT2D eigenvalue weighted by Crippen LogP contribution is 2.32. The fraction of sp³-hybridized carbons (Fsp3) is 0.417. The molecule has 0 aromatic heterocycles. The number of nitrogens with zero attached hydrogens (tertiary/aromatic N) is 1. The van der Waals surface area contributed by atoms with Gasteiger partial charge in [0.1, 0.15) is 0 Å². The van der Waals surface area contributed by atoms with Crippen molar-refractivity contribution in [3.63, 3.8) is 0 Å². The minimum Gasteiger partial charge on any atom is -0.490 e. The van der Waals surface area contributed by atoms with Gasteiger partial charge in [-0.1, -0.05) is 31.2 Å². The van der Waals surface area contributed by atoms with Crippen molar-refractivity contribution in [2.24, 2.45) is 4.99 Å². The molecule has 3 N–H and O–H groups in total. The largest absolute Gasteiger partial charge is 0.490 e. The van der Waals surface area contributed by atoms with Crippen molar-refractivity contribution < 1.29 is 14.3 Å². The van der Waals surface area contributed by atoms with Gasteiger partial charge in [0, 0.05) is 37.7 Å². The summed E-state index contributed by atoms with van der Waals surface area (Å²) < 4.78 is 11.5. The van der Waals surface area contributed by atoms with Gasteiger partial charge in [0.15, 0.2) is 17.5 Å². The van der Waals surface area contributed by atoms with E-state index < -0.39 is 0 Å². The summed E-state index contributed by atoms with van der Waals surface area (Å²) in [6.07, 6.45) is 2.17. The monoisotopic (exact) mass is 552 g/mol. The van der Waals surface area contributed by atoms with Gasteiger partial charge in [-0.15, -0.1) is 24.0 Å². The van der Waals surface area contributed by atoms with Crippen LogP contribution < -0.4 is 25.4 Å². The number of benzene rings is 2. The second kappa shape index (κ2) is 13.8. The first-order chi connectivity index (χ1) is 15.2. The summed E-state index contributed by atoms with van der Waals surface area (Å²) in [5, 5.41) is 9.48. The van der Waals surface area contributed by atoms with Crippen LogP contribution in [0.15, 0.2) is 47.5 Å². The molecule has 0 radical (unpaired) electrons. The number of guanidine groups is 1. The molecule has 2 aromatic rings. The molecule has 0 fully saturated rings. The van der Waals surface area contributed by atoms with Gasteiger partial charge in [0.2, 0.25) is 5.91 Å². The molecule has 174 valence electrons. The molecule has 0 saturated carbocycles. The zero-order valence-corrected chi connectivity index (χ0v) is 21.1. The fourth-order valence-electron chi connectivity index (χ4n) is 3.12. The first-order valence-electron chi connectivity index (χ1n) is 10.9. The summed E-state index contributed by atoms with van der Waals surface area (Å²) in [4.78, 5) is 16.6. The van der Waals surface area contributed by atoms with E-state index in [1.807, 2.05) is 37.3 Å². The van der Waals surface area contributed by atoms with E-state index in [0.717, 1.165) is 35.6 Å². The average Bonchev–Trinajstić information content (AvgIpc) is 3.02. The highest BCUT2D eigenvalue weighted by molar-refractivity contribution is 14.0. The van der Waals surface area contributed by atoms with Crippen LogP contribution in [0.2, 0.25) is 0 Å². The quantitative estimate of drug-likeness (QED) is 0.259. The second-order valence-electron chi connectivity index (χ2n) is 7.46. The maximum Gasteiger partial charge on any atom is 0.221 e. The molecule has 32 heavy (non-hydrogen) atoms. The Hall–Kier alpha value is -2.49. The molecule has 0 bridgehead atoms. The lowest BCUT2D eigenvalue weighted by molar-refractivity contribution is -0.120. The van der Waals surface area contributed by atoms with Crippen LogP contribution in [0, 0.1) is 6.92 Å². The zero-order valence-electron chi connectivity index (χ0n) is 18.8. The number of hydrogen-bond donors (Lipinski definition) is 3. The second-order valence-corrected chi connectivity index (χ2v) is 7.46. The number of carbonyl (C=O) groups excluding carboxylic acids is 1. The Morgan fingerprint density at radius 1 is 1.03 bits per heavy atom. The van der Waals surface area contributed by atoms with E-state index in [-0.39, 0.29) is 29.9 Å². The van der Waals surface area contributed by atoms with Crippen molar-refractivity contribution in [3.8, 4) is 11.5 Å². The third kappa shape index (κ3) is 8.22. The van der Waals surface area contributed by atoms with Crippen molar-refractivity contribution in [1.29, 1.82) is 0 Å². The zero-order chi connectivity index (χ0) is 21.9. The molecule has 0 aliphatic carbocycles. The first-order valence-corrected chi connectivity index (χ1v) is 10.9. The van der Waals surface area contributed by atoms with E-state index in [9.17, 15) is 4.79 Å². The Kier molecular flexibility index (Phi) is 11.1. The molecule has 3 rings (SSSR count). The van der Waals surface area contributed by atoms with Crippen LogP contribution in [0.3, 0.4) is 0 Å². The van der Waals surface area contributed by atoms with Crippen LogP contribution in [0.1, 0.15) is 37.3 Å². The van der Waals surface area contributed by atoms with E-state index in [1.54, 1.807) is 0 Å². The highest BCUT2D eigenvalue weighted by atomic mass is 127. The molecule has 1 aliphatic heterocycles. The van der Waals surface area contributed by atoms with Crippen LogP contribution in [-0.2, 0) is 11.3 Å². The van der Waals surface area contributed by atoms with Crippen molar-refractivity contribution in [2.45, 2.75) is 39.7 Å². The molecule has 1 amide bonds. The molecule has 0 atom stereocenters. The van der Waals surface area contributed by atoms with Crippen LogP contribution in [-0.4, -0.2) is 38.2 Å². The van der Waals surface area contributed by atoms with Gasteiger partial charge >= 0.3 is 0 Å². The van der Waals surface area contributed by atoms with Gasteiger partial charge < -0.3 is 25.4 Å². The Labute approximate surface area is 207 Å². The Morgan fingerprint density at radius 2 is 1.81 bits per heavy atom. The summed E-state index contributed by atoms with van der Waals surface area (Å²) in [6, 6.07) is 13.9. The lowest BCUT2D eigenvalue weighted by Crippen LogP contribution is -2.35. The van der Waals surface area contributed by atoms with Crippen LogP contribution in [0.4, 0.5) is 5.69 Å². The minimum absolute atomic E-state index is 0. The Balaban J connectivity index is 0.00000363. The Morgan fingerprint density at radius 3 is 2.59 bits per heavy atom. The number of ether oxygens (including phenoxy) is 2. The summed E-state index contributed by atoms with van der Waals surface area (Å²) in [7, 11) is 0. The fourth-order valence-corrected chi connectivity index (χ4v) is 3.12. The summed E-state index contributed by atoms with van der Waals surface area (Å²) >= 11 is 0. The highest BCUT2D eigenvalue weighted by Gasteiger charge is 2.12. The minimum atomic E-state index is 0. The SMILES string of the molecule is CCCNC(=O)CCNC(=NCc1ccccc1C)Nc1ccc2c(c1)OCCCO2.I. The Bertz CT molecular complexity index is 905. The first kappa shape index (κ1) is 25.8. The number of nitrogens with one attached hydrogen (secondary N) is 3. The van der Waals surface area contributed by atoms with Gasteiger partial charge in [-0.2, -0.15) is 0 Å². The van der Waals surface area contributed by atoms with E-state index in [2.05, 4.69) is 35.0 Å². The number of carbonyl (C=O) groups is 1. The molecule has 0 spiro atoms. The molecule has 7 nitrogen and oxygen atoms in total. The molecule has 8 heteroatoms. The number of anilines is 1. The molecular formula is C24H33IN4O3. The van der Waals surface area contributed by atoms with Crippen molar-refractivity contribution in [3.05, 3.63) is 53.6 Å². The van der Waals surface area contributed by atoms with Gasteiger partial charge in [0.25, 0.3) is 0 Å². The van der Waals surface area contributed by atoms with E-state index in [0.29, 0.717) is 45.2 Å². The summed E-state index contributed by atoms with van der Waals surface area (Å²) in [6.45, 7) is 7.12. The molecular weight excluding hydrogens is 519 g/mol.